The van der Waals surface area contributed by atoms with E-state index in [1.54, 1.807) is 29.8 Å². The summed E-state index contributed by atoms with van der Waals surface area (Å²) >= 11 is 9.34. The first-order chi connectivity index (χ1) is 15.6. The highest BCUT2D eigenvalue weighted by Crippen LogP contribution is 2.39. The molecule has 2 amide bonds. The predicted octanol–water partition coefficient (Wildman–Crippen LogP) is 5.37. The molecule has 1 saturated heterocycles. The monoisotopic (exact) mass is 486 g/mol. The summed E-state index contributed by atoms with van der Waals surface area (Å²) in [6, 6.07) is 19.0. The molecule has 3 aromatic rings. The van der Waals surface area contributed by atoms with Gasteiger partial charge in [-0.25, -0.2) is 0 Å². The van der Waals surface area contributed by atoms with Gasteiger partial charge >= 0.3 is 0 Å². The van der Waals surface area contributed by atoms with Crippen molar-refractivity contribution < 1.29 is 14.0 Å². The number of furan rings is 1. The standard InChI is InChI=1S/C24H23ClN2O3S2/c25-20-4-1-3-17(13-20)15-31-12-10-26-23(29)18-6-8-19(9-7-18)24-27(22(28)16-32-24)14-21-5-2-11-30-21/h1-9,11,13,24H,10,12,14-16H2,(H,26,29)/t24-/m1/s1. The molecular weight excluding hydrogens is 464 g/mol. The number of thioether (sulfide) groups is 2. The molecule has 8 heteroatoms. The summed E-state index contributed by atoms with van der Waals surface area (Å²) < 4.78 is 5.40. The lowest BCUT2D eigenvalue weighted by Crippen LogP contribution is -2.28. The molecule has 0 unspecified atom stereocenters. The van der Waals surface area contributed by atoms with Crippen molar-refractivity contribution in [1.82, 2.24) is 10.2 Å². The average Bonchev–Trinajstić information content (AvgIpc) is 3.44. The molecule has 1 aromatic heterocycles. The Kier molecular flexibility index (Phi) is 7.84. The number of carbonyl (C=O) groups excluding carboxylic acids is 2. The Hall–Kier alpha value is -2.35. The lowest BCUT2D eigenvalue weighted by molar-refractivity contribution is -0.128. The van der Waals surface area contributed by atoms with Crippen LogP contribution >= 0.6 is 35.1 Å². The molecule has 0 radical (unpaired) electrons. The summed E-state index contributed by atoms with van der Waals surface area (Å²) in [4.78, 5) is 26.6. The van der Waals surface area contributed by atoms with Gasteiger partial charge in [0, 0.05) is 28.6 Å². The first-order valence-corrected chi connectivity index (χ1v) is 12.8. The minimum atomic E-state index is -0.0949. The van der Waals surface area contributed by atoms with Crippen LogP contribution in [-0.4, -0.2) is 34.8 Å². The van der Waals surface area contributed by atoms with Crippen LogP contribution in [0.25, 0.3) is 0 Å². The minimum absolute atomic E-state index is 0.0763. The van der Waals surface area contributed by atoms with Crippen molar-refractivity contribution in [3.05, 3.63) is 94.4 Å². The summed E-state index contributed by atoms with van der Waals surface area (Å²) in [5.41, 5.74) is 2.79. The van der Waals surface area contributed by atoms with E-state index in [4.69, 9.17) is 16.0 Å². The molecule has 0 aliphatic carbocycles. The van der Waals surface area contributed by atoms with E-state index in [1.807, 2.05) is 65.6 Å². The van der Waals surface area contributed by atoms with Gasteiger partial charge in [0.15, 0.2) is 0 Å². The highest BCUT2D eigenvalue weighted by Gasteiger charge is 2.33. The topological polar surface area (TPSA) is 62.6 Å². The van der Waals surface area contributed by atoms with Gasteiger partial charge in [-0.05, 0) is 47.5 Å². The van der Waals surface area contributed by atoms with E-state index in [0.717, 1.165) is 27.9 Å². The van der Waals surface area contributed by atoms with Crippen LogP contribution in [0.1, 0.15) is 32.6 Å². The molecule has 1 aliphatic heterocycles. The van der Waals surface area contributed by atoms with Crippen LogP contribution in [0.4, 0.5) is 0 Å². The highest BCUT2D eigenvalue weighted by atomic mass is 35.5. The van der Waals surface area contributed by atoms with E-state index in [2.05, 4.69) is 5.32 Å². The number of amides is 2. The van der Waals surface area contributed by atoms with Crippen LogP contribution < -0.4 is 5.32 Å². The molecule has 0 saturated carbocycles. The molecule has 1 atom stereocenters. The van der Waals surface area contributed by atoms with Crippen LogP contribution in [0.3, 0.4) is 0 Å². The Bertz CT molecular complexity index is 1060. The maximum absolute atomic E-state index is 12.5. The normalized spacial score (nSPS) is 15.8. The molecule has 1 N–H and O–H groups in total. The number of carbonyl (C=O) groups is 2. The Labute approximate surface area is 200 Å². The number of halogens is 1. The number of hydrogen-bond donors (Lipinski definition) is 1. The molecule has 2 heterocycles. The summed E-state index contributed by atoms with van der Waals surface area (Å²) in [6.45, 7) is 1.04. The average molecular weight is 487 g/mol. The molecular formula is C24H23ClN2O3S2. The SMILES string of the molecule is O=C(NCCSCc1cccc(Cl)c1)c1ccc([C@H]2SCC(=O)N2Cc2ccco2)cc1. The fourth-order valence-electron chi connectivity index (χ4n) is 3.43. The van der Waals surface area contributed by atoms with Gasteiger partial charge in [0.2, 0.25) is 5.91 Å². The first kappa shape index (κ1) is 22.8. The van der Waals surface area contributed by atoms with Crippen molar-refractivity contribution >= 4 is 46.9 Å². The second-order valence-electron chi connectivity index (χ2n) is 7.32. The molecule has 32 heavy (non-hydrogen) atoms. The lowest BCUT2D eigenvalue weighted by Gasteiger charge is -2.23. The second-order valence-corrected chi connectivity index (χ2v) is 9.93. The van der Waals surface area contributed by atoms with Crippen LogP contribution in [0.2, 0.25) is 5.02 Å². The van der Waals surface area contributed by atoms with E-state index in [9.17, 15) is 9.59 Å². The Morgan fingerprint density at radius 2 is 2.03 bits per heavy atom. The van der Waals surface area contributed by atoms with E-state index >= 15 is 0 Å². The summed E-state index contributed by atoms with van der Waals surface area (Å²) in [6.07, 6.45) is 1.61. The smallest absolute Gasteiger partial charge is 0.251 e. The number of hydrogen-bond acceptors (Lipinski definition) is 5. The Morgan fingerprint density at radius 1 is 1.19 bits per heavy atom. The van der Waals surface area contributed by atoms with Gasteiger partial charge in [0.25, 0.3) is 5.91 Å². The van der Waals surface area contributed by atoms with Gasteiger partial charge in [0.1, 0.15) is 11.1 Å². The van der Waals surface area contributed by atoms with Gasteiger partial charge in [-0.3, -0.25) is 9.59 Å². The molecule has 2 aromatic carbocycles. The molecule has 0 spiro atoms. The molecule has 166 valence electrons. The molecule has 1 fully saturated rings. The third-order valence-electron chi connectivity index (χ3n) is 5.02. The van der Waals surface area contributed by atoms with Crippen molar-refractivity contribution in [2.24, 2.45) is 0 Å². The number of rotatable bonds is 9. The zero-order valence-electron chi connectivity index (χ0n) is 17.3. The van der Waals surface area contributed by atoms with E-state index in [-0.39, 0.29) is 17.2 Å². The van der Waals surface area contributed by atoms with Gasteiger partial charge in [-0.15, -0.1) is 11.8 Å². The molecule has 5 nitrogen and oxygen atoms in total. The van der Waals surface area contributed by atoms with E-state index < -0.39 is 0 Å². The largest absolute Gasteiger partial charge is 0.467 e. The number of nitrogens with one attached hydrogen (secondary N) is 1. The molecule has 4 rings (SSSR count). The van der Waals surface area contributed by atoms with E-state index in [0.29, 0.717) is 24.4 Å². The summed E-state index contributed by atoms with van der Waals surface area (Å²) in [5.74, 6) is 2.88. The fourth-order valence-corrected chi connectivity index (χ4v) is 5.63. The molecule has 1 aliphatic rings. The lowest BCUT2D eigenvalue weighted by atomic mass is 10.1. The van der Waals surface area contributed by atoms with Crippen molar-refractivity contribution in [3.63, 3.8) is 0 Å². The Balaban J connectivity index is 1.26. The van der Waals surface area contributed by atoms with Crippen LogP contribution in [-0.2, 0) is 17.1 Å². The molecule has 0 bridgehead atoms. The van der Waals surface area contributed by atoms with Gasteiger partial charge in [0.05, 0.1) is 18.6 Å². The van der Waals surface area contributed by atoms with Gasteiger partial charge in [-0.1, -0.05) is 35.9 Å². The highest BCUT2D eigenvalue weighted by molar-refractivity contribution is 8.00. The zero-order valence-corrected chi connectivity index (χ0v) is 19.7. The van der Waals surface area contributed by atoms with Crippen molar-refractivity contribution in [3.8, 4) is 0 Å². The quantitative estimate of drug-likeness (QED) is 0.412. The van der Waals surface area contributed by atoms with Crippen LogP contribution in [0.5, 0.6) is 0 Å². The van der Waals surface area contributed by atoms with Gasteiger partial charge in [-0.2, -0.15) is 11.8 Å². The minimum Gasteiger partial charge on any atom is -0.467 e. The van der Waals surface area contributed by atoms with Crippen LogP contribution in [0, 0.1) is 0 Å². The van der Waals surface area contributed by atoms with Crippen LogP contribution in [0.15, 0.2) is 71.3 Å². The van der Waals surface area contributed by atoms with Crippen molar-refractivity contribution in [2.75, 3.05) is 18.1 Å². The number of nitrogens with zero attached hydrogens (tertiary/aromatic N) is 1. The summed E-state index contributed by atoms with van der Waals surface area (Å²) in [5, 5.41) is 3.63. The maximum Gasteiger partial charge on any atom is 0.251 e. The van der Waals surface area contributed by atoms with E-state index in [1.165, 1.54) is 5.56 Å². The van der Waals surface area contributed by atoms with Crippen molar-refractivity contribution in [2.45, 2.75) is 17.7 Å². The number of benzene rings is 2. The van der Waals surface area contributed by atoms with Gasteiger partial charge < -0.3 is 14.6 Å². The first-order valence-electron chi connectivity index (χ1n) is 10.2. The Morgan fingerprint density at radius 3 is 2.78 bits per heavy atom. The zero-order chi connectivity index (χ0) is 22.3. The van der Waals surface area contributed by atoms with Crippen molar-refractivity contribution in [1.29, 1.82) is 0 Å². The summed E-state index contributed by atoms with van der Waals surface area (Å²) in [7, 11) is 0. The predicted molar refractivity (Wildman–Crippen MR) is 131 cm³/mol. The fraction of sp³-hybridized carbons (Fsp3) is 0.250. The second kappa shape index (κ2) is 11.0. The maximum atomic E-state index is 12.5. The third kappa shape index (κ3) is 5.91. The third-order valence-corrected chi connectivity index (χ3v) is 7.54.